The molecule has 0 bridgehead atoms. The van der Waals surface area contributed by atoms with E-state index in [1.807, 2.05) is 48.1 Å². The van der Waals surface area contributed by atoms with E-state index < -0.39 is 0 Å². The number of rotatable bonds is 5. The third kappa shape index (κ3) is 3.20. The predicted molar refractivity (Wildman–Crippen MR) is 130 cm³/mol. The van der Waals surface area contributed by atoms with Crippen molar-refractivity contribution in [2.24, 2.45) is 7.05 Å². The molecule has 1 aliphatic rings. The standard InChI is InChI=1S/C26H23N7O/c1-3-10-32-15-19(12-27)24-25(32)23(17-6-8-21(28-13-17)16-4-5-16)26(34)33(30-24)20-7-9-22-18(11-20)14-31(2)29-22/h6-9,11,13-16H,3-5,10H2,1-2H3. The van der Waals surface area contributed by atoms with Crippen LogP contribution in [0, 0.1) is 11.3 Å². The zero-order chi connectivity index (χ0) is 23.4. The summed E-state index contributed by atoms with van der Waals surface area (Å²) in [5.41, 5.74) is 5.19. The van der Waals surface area contributed by atoms with Crippen molar-refractivity contribution in [2.75, 3.05) is 0 Å². The summed E-state index contributed by atoms with van der Waals surface area (Å²) >= 11 is 0. The van der Waals surface area contributed by atoms with Crippen LogP contribution < -0.4 is 5.56 Å². The van der Waals surface area contributed by atoms with Gasteiger partial charge in [0, 0.05) is 54.7 Å². The molecular formula is C26H23N7O. The minimum Gasteiger partial charge on any atom is -0.344 e. The van der Waals surface area contributed by atoms with Crippen LogP contribution >= 0.6 is 0 Å². The van der Waals surface area contributed by atoms with Crippen molar-refractivity contribution in [3.63, 3.8) is 0 Å². The first-order valence-corrected chi connectivity index (χ1v) is 11.5. The van der Waals surface area contributed by atoms with Crippen LogP contribution in [0.15, 0.2) is 53.7 Å². The summed E-state index contributed by atoms with van der Waals surface area (Å²) in [6.45, 7) is 2.76. The third-order valence-corrected chi connectivity index (χ3v) is 6.40. The van der Waals surface area contributed by atoms with Crippen molar-refractivity contribution >= 4 is 21.9 Å². The molecule has 1 aromatic carbocycles. The highest BCUT2D eigenvalue weighted by atomic mass is 16.1. The van der Waals surface area contributed by atoms with E-state index in [4.69, 9.17) is 0 Å². The lowest BCUT2D eigenvalue weighted by Gasteiger charge is -2.12. The summed E-state index contributed by atoms with van der Waals surface area (Å²) in [5, 5.41) is 19.9. The Balaban J connectivity index is 1.65. The van der Waals surface area contributed by atoms with Crippen LogP contribution in [-0.2, 0) is 13.6 Å². The Morgan fingerprint density at radius 2 is 2.00 bits per heavy atom. The first kappa shape index (κ1) is 20.4. The van der Waals surface area contributed by atoms with Gasteiger partial charge >= 0.3 is 0 Å². The molecule has 0 spiro atoms. The van der Waals surface area contributed by atoms with Gasteiger partial charge < -0.3 is 4.57 Å². The molecule has 0 atom stereocenters. The van der Waals surface area contributed by atoms with Crippen molar-refractivity contribution in [2.45, 2.75) is 38.6 Å². The van der Waals surface area contributed by atoms with Crippen LogP contribution in [0.1, 0.15) is 43.4 Å². The Morgan fingerprint density at radius 3 is 2.71 bits per heavy atom. The number of hydrogen-bond donors (Lipinski definition) is 0. The molecule has 0 radical (unpaired) electrons. The summed E-state index contributed by atoms with van der Waals surface area (Å²) in [5.74, 6) is 0.531. The molecular weight excluding hydrogens is 426 g/mol. The fourth-order valence-corrected chi connectivity index (χ4v) is 4.64. The van der Waals surface area contributed by atoms with Gasteiger partial charge in [-0.1, -0.05) is 13.0 Å². The van der Waals surface area contributed by atoms with Crippen LogP contribution in [0.25, 0.3) is 38.8 Å². The molecule has 1 aliphatic carbocycles. The second kappa shape index (κ2) is 7.66. The number of fused-ring (bicyclic) bond motifs is 2. The monoisotopic (exact) mass is 449 g/mol. The first-order valence-electron chi connectivity index (χ1n) is 11.5. The molecule has 0 amide bonds. The zero-order valence-corrected chi connectivity index (χ0v) is 19.1. The van der Waals surface area contributed by atoms with Crippen LogP contribution in [0.2, 0.25) is 0 Å². The molecule has 1 fully saturated rings. The number of nitriles is 1. The average Bonchev–Trinajstić information content (AvgIpc) is 3.54. The maximum Gasteiger partial charge on any atom is 0.281 e. The van der Waals surface area contributed by atoms with E-state index in [0.717, 1.165) is 28.6 Å². The fourth-order valence-electron chi connectivity index (χ4n) is 4.64. The maximum atomic E-state index is 14.0. The number of nitrogens with zero attached hydrogens (tertiary/aromatic N) is 7. The van der Waals surface area contributed by atoms with Crippen molar-refractivity contribution in [1.82, 2.24) is 29.1 Å². The molecule has 0 unspecified atom stereocenters. The Hall–Kier alpha value is -4.25. The summed E-state index contributed by atoms with van der Waals surface area (Å²) < 4.78 is 5.11. The fraction of sp³-hybridized carbons (Fsp3) is 0.269. The van der Waals surface area contributed by atoms with Gasteiger partial charge in [-0.3, -0.25) is 14.5 Å². The molecule has 4 heterocycles. The molecule has 0 aliphatic heterocycles. The van der Waals surface area contributed by atoms with Gasteiger partial charge in [-0.25, -0.2) is 0 Å². The number of pyridine rings is 1. The molecule has 5 aromatic rings. The Kier molecular flexibility index (Phi) is 4.59. The third-order valence-electron chi connectivity index (χ3n) is 6.40. The molecule has 6 rings (SSSR count). The smallest absolute Gasteiger partial charge is 0.281 e. The second-order valence-corrected chi connectivity index (χ2v) is 8.93. The van der Waals surface area contributed by atoms with E-state index in [2.05, 4.69) is 28.2 Å². The molecule has 0 saturated heterocycles. The molecule has 4 aromatic heterocycles. The maximum absolute atomic E-state index is 14.0. The highest BCUT2D eigenvalue weighted by molar-refractivity contribution is 5.95. The first-order chi connectivity index (χ1) is 16.6. The molecule has 0 N–H and O–H groups in total. The van der Waals surface area contributed by atoms with Gasteiger partial charge in [0.1, 0.15) is 11.6 Å². The summed E-state index contributed by atoms with van der Waals surface area (Å²) in [6.07, 6.45) is 8.69. The van der Waals surface area contributed by atoms with Crippen LogP contribution in [0.4, 0.5) is 0 Å². The number of hydrogen-bond acceptors (Lipinski definition) is 5. The van der Waals surface area contributed by atoms with E-state index >= 15 is 0 Å². The van der Waals surface area contributed by atoms with Crippen molar-refractivity contribution < 1.29 is 0 Å². The van der Waals surface area contributed by atoms with E-state index in [-0.39, 0.29) is 5.56 Å². The second-order valence-electron chi connectivity index (χ2n) is 8.93. The molecule has 34 heavy (non-hydrogen) atoms. The Morgan fingerprint density at radius 1 is 1.15 bits per heavy atom. The molecule has 8 heteroatoms. The largest absolute Gasteiger partial charge is 0.344 e. The van der Waals surface area contributed by atoms with Crippen LogP contribution in [0.3, 0.4) is 0 Å². The Labute approximate surface area is 195 Å². The zero-order valence-electron chi connectivity index (χ0n) is 19.1. The molecule has 168 valence electrons. The van der Waals surface area contributed by atoms with E-state index in [1.54, 1.807) is 17.1 Å². The van der Waals surface area contributed by atoms with Gasteiger partial charge in [0.05, 0.1) is 27.8 Å². The van der Waals surface area contributed by atoms with Gasteiger partial charge in [-0.05, 0) is 43.5 Å². The van der Waals surface area contributed by atoms with Gasteiger partial charge in [0.25, 0.3) is 5.56 Å². The molecule has 8 nitrogen and oxygen atoms in total. The summed E-state index contributed by atoms with van der Waals surface area (Å²) in [7, 11) is 1.86. The van der Waals surface area contributed by atoms with Gasteiger partial charge in [-0.15, -0.1) is 0 Å². The highest BCUT2D eigenvalue weighted by Crippen LogP contribution is 2.39. The lowest BCUT2D eigenvalue weighted by molar-refractivity contribution is 0.701. The van der Waals surface area contributed by atoms with E-state index in [9.17, 15) is 10.1 Å². The van der Waals surface area contributed by atoms with Crippen LogP contribution in [-0.4, -0.2) is 29.1 Å². The number of benzene rings is 1. The minimum atomic E-state index is -0.239. The highest BCUT2D eigenvalue weighted by Gasteiger charge is 2.26. The summed E-state index contributed by atoms with van der Waals surface area (Å²) in [4.78, 5) is 18.6. The predicted octanol–water partition coefficient (Wildman–Crippen LogP) is 4.29. The van der Waals surface area contributed by atoms with Crippen LogP contribution in [0.5, 0.6) is 0 Å². The summed E-state index contributed by atoms with van der Waals surface area (Å²) in [6, 6.07) is 11.9. The van der Waals surface area contributed by atoms with Crippen molar-refractivity contribution in [3.8, 4) is 22.9 Å². The Bertz CT molecular complexity index is 1660. The van der Waals surface area contributed by atoms with Crippen molar-refractivity contribution in [3.05, 3.63) is 70.5 Å². The normalized spacial score (nSPS) is 13.6. The lowest BCUT2D eigenvalue weighted by Crippen LogP contribution is -2.24. The number of aryl methyl sites for hydroxylation is 2. The van der Waals surface area contributed by atoms with Gasteiger partial charge in [0.2, 0.25) is 0 Å². The number of aromatic nitrogens is 6. The van der Waals surface area contributed by atoms with Gasteiger partial charge in [-0.2, -0.15) is 20.1 Å². The quantitative estimate of drug-likeness (QED) is 0.399. The average molecular weight is 450 g/mol. The van der Waals surface area contributed by atoms with Crippen molar-refractivity contribution in [1.29, 1.82) is 5.26 Å². The minimum absolute atomic E-state index is 0.239. The SMILES string of the molecule is CCCn1cc(C#N)c2nn(-c3ccc4nn(C)cc4c3)c(=O)c(-c3ccc(C4CC4)nc3)c21. The molecule has 1 saturated carbocycles. The van der Waals surface area contributed by atoms with Gasteiger partial charge in [0.15, 0.2) is 0 Å². The van der Waals surface area contributed by atoms with E-state index in [1.165, 1.54) is 17.5 Å². The lowest BCUT2D eigenvalue weighted by atomic mass is 10.1. The van der Waals surface area contributed by atoms with E-state index in [0.29, 0.717) is 40.3 Å². The topological polar surface area (TPSA) is 94.3 Å².